The van der Waals surface area contributed by atoms with Crippen molar-refractivity contribution in [3.63, 3.8) is 0 Å². The molecule has 1 aromatic heterocycles. The number of likely N-dealkylation sites (N-methyl/N-ethyl adjacent to an activating group) is 1. The first-order chi connectivity index (χ1) is 8.08. The van der Waals surface area contributed by atoms with Crippen LogP contribution in [-0.2, 0) is 0 Å². The van der Waals surface area contributed by atoms with Gasteiger partial charge in [-0.15, -0.1) is 0 Å². The predicted octanol–water partition coefficient (Wildman–Crippen LogP) is 0.440. The molecule has 0 aliphatic carbocycles. The maximum Gasteiger partial charge on any atom is 0.255 e. The average Bonchev–Trinajstić information content (AvgIpc) is 2.78. The molecule has 2 rings (SSSR count). The van der Waals surface area contributed by atoms with E-state index < -0.39 is 0 Å². The molecule has 5 nitrogen and oxygen atoms in total. The second-order valence-electron chi connectivity index (χ2n) is 4.63. The number of aromatic nitrogens is 1. The van der Waals surface area contributed by atoms with Gasteiger partial charge in [-0.3, -0.25) is 4.79 Å². The molecule has 0 saturated carbocycles. The summed E-state index contributed by atoms with van der Waals surface area (Å²) in [7, 11) is 4.09. The Bertz CT molecular complexity index is 401. The number of anilines is 1. The highest BCUT2D eigenvalue weighted by Gasteiger charge is 2.27. The van der Waals surface area contributed by atoms with Gasteiger partial charge in [-0.05, 0) is 32.6 Å². The van der Waals surface area contributed by atoms with E-state index in [1.165, 1.54) is 0 Å². The molecule has 1 saturated heterocycles. The first kappa shape index (κ1) is 11.9. The molecule has 5 heteroatoms. The molecule has 1 amide bonds. The van der Waals surface area contributed by atoms with Crippen LogP contribution < -0.4 is 5.73 Å². The lowest BCUT2D eigenvalue weighted by molar-refractivity contribution is 0.0782. The summed E-state index contributed by atoms with van der Waals surface area (Å²) in [5, 5.41) is 0. The second kappa shape index (κ2) is 4.71. The van der Waals surface area contributed by atoms with E-state index in [9.17, 15) is 4.79 Å². The molecule has 1 aliphatic rings. The van der Waals surface area contributed by atoms with E-state index in [1.807, 2.05) is 19.0 Å². The fourth-order valence-electron chi connectivity index (χ4n) is 2.06. The van der Waals surface area contributed by atoms with Crippen LogP contribution >= 0.6 is 0 Å². The Morgan fingerprint density at radius 2 is 2.29 bits per heavy atom. The first-order valence-electron chi connectivity index (χ1n) is 5.75. The number of hydrogen-bond acceptors (Lipinski definition) is 4. The third-order valence-corrected chi connectivity index (χ3v) is 3.21. The third-order valence-electron chi connectivity index (χ3n) is 3.21. The van der Waals surface area contributed by atoms with Gasteiger partial charge in [0, 0.05) is 25.3 Å². The fourth-order valence-corrected chi connectivity index (χ4v) is 2.06. The van der Waals surface area contributed by atoms with Gasteiger partial charge in [0.25, 0.3) is 5.91 Å². The molecule has 1 aliphatic heterocycles. The minimum atomic E-state index is 0.0434. The summed E-state index contributed by atoms with van der Waals surface area (Å²) in [4.78, 5) is 20.1. The number of hydrogen-bond donors (Lipinski definition) is 1. The van der Waals surface area contributed by atoms with Crippen molar-refractivity contribution in [2.24, 2.45) is 0 Å². The Hall–Kier alpha value is -1.62. The van der Waals surface area contributed by atoms with E-state index in [-0.39, 0.29) is 5.91 Å². The van der Waals surface area contributed by atoms with Crippen LogP contribution in [0.5, 0.6) is 0 Å². The van der Waals surface area contributed by atoms with Crippen LogP contribution in [-0.4, -0.2) is 53.9 Å². The van der Waals surface area contributed by atoms with Crippen molar-refractivity contribution in [3.8, 4) is 0 Å². The largest absolute Gasteiger partial charge is 0.384 e. The van der Waals surface area contributed by atoms with Gasteiger partial charge in [0.05, 0.1) is 5.56 Å². The molecule has 1 fully saturated rings. The van der Waals surface area contributed by atoms with Gasteiger partial charge in [0.2, 0.25) is 0 Å². The Balaban J connectivity index is 2.04. The van der Waals surface area contributed by atoms with Gasteiger partial charge in [-0.25, -0.2) is 4.98 Å². The fraction of sp³-hybridized carbons (Fsp3) is 0.500. The number of nitrogens with zero attached hydrogens (tertiary/aromatic N) is 3. The molecule has 1 aromatic rings. The number of carbonyl (C=O) groups is 1. The normalized spacial score (nSPS) is 19.9. The quantitative estimate of drug-likeness (QED) is 0.806. The number of nitrogen functional groups attached to an aromatic ring is 1. The SMILES string of the molecule is CN(C)[C@@H]1CCN(C(=O)c2ccc(N)nc2)C1. The summed E-state index contributed by atoms with van der Waals surface area (Å²) in [6, 6.07) is 3.85. The van der Waals surface area contributed by atoms with Crippen molar-refractivity contribution in [3.05, 3.63) is 23.9 Å². The highest BCUT2D eigenvalue weighted by molar-refractivity contribution is 5.94. The summed E-state index contributed by atoms with van der Waals surface area (Å²) < 4.78 is 0. The number of nitrogens with two attached hydrogens (primary N) is 1. The zero-order chi connectivity index (χ0) is 12.4. The van der Waals surface area contributed by atoms with E-state index in [0.717, 1.165) is 19.5 Å². The molecular formula is C12H18N4O. The lowest BCUT2D eigenvalue weighted by Crippen LogP contribution is -2.34. The summed E-state index contributed by atoms with van der Waals surface area (Å²) in [6.07, 6.45) is 2.57. The minimum absolute atomic E-state index is 0.0434. The van der Waals surface area contributed by atoms with Gasteiger partial charge in [0.15, 0.2) is 0 Å². The van der Waals surface area contributed by atoms with Crippen LogP contribution in [0.3, 0.4) is 0 Å². The van der Waals surface area contributed by atoms with E-state index in [0.29, 0.717) is 17.4 Å². The average molecular weight is 234 g/mol. The summed E-state index contributed by atoms with van der Waals surface area (Å²) in [5.41, 5.74) is 6.11. The van der Waals surface area contributed by atoms with E-state index in [4.69, 9.17) is 5.73 Å². The molecule has 0 aromatic carbocycles. The third kappa shape index (κ3) is 2.55. The summed E-state index contributed by atoms with van der Waals surface area (Å²) >= 11 is 0. The zero-order valence-electron chi connectivity index (χ0n) is 10.3. The van der Waals surface area contributed by atoms with Gasteiger partial charge < -0.3 is 15.5 Å². The summed E-state index contributed by atoms with van der Waals surface area (Å²) in [5.74, 6) is 0.482. The second-order valence-corrected chi connectivity index (χ2v) is 4.63. The molecule has 17 heavy (non-hydrogen) atoms. The summed E-state index contributed by atoms with van der Waals surface area (Å²) in [6.45, 7) is 1.60. The van der Waals surface area contributed by atoms with Crippen molar-refractivity contribution in [2.45, 2.75) is 12.5 Å². The van der Waals surface area contributed by atoms with Crippen LogP contribution in [0.2, 0.25) is 0 Å². The smallest absolute Gasteiger partial charge is 0.255 e. The van der Waals surface area contributed by atoms with E-state index in [2.05, 4.69) is 9.88 Å². The maximum absolute atomic E-state index is 12.2. The zero-order valence-corrected chi connectivity index (χ0v) is 10.3. The Morgan fingerprint density at radius 3 is 2.82 bits per heavy atom. The van der Waals surface area contributed by atoms with E-state index in [1.54, 1.807) is 18.3 Å². The number of rotatable bonds is 2. The van der Waals surface area contributed by atoms with Gasteiger partial charge in [-0.1, -0.05) is 0 Å². The van der Waals surface area contributed by atoms with Crippen molar-refractivity contribution >= 4 is 11.7 Å². The Morgan fingerprint density at radius 1 is 1.53 bits per heavy atom. The van der Waals surface area contributed by atoms with Crippen molar-refractivity contribution in [2.75, 3.05) is 32.9 Å². The Kier molecular flexibility index (Phi) is 3.28. The molecule has 0 radical (unpaired) electrons. The minimum Gasteiger partial charge on any atom is -0.384 e. The topological polar surface area (TPSA) is 62.5 Å². The molecule has 0 spiro atoms. The molecule has 0 bridgehead atoms. The van der Waals surface area contributed by atoms with Crippen LogP contribution in [0.1, 0.15) is 16.8 Å². The maximum atomic E-state index is 12.2. The molecule has 0 unspecified atom stereocenters. The number of likely N-dealkylation sites (tertiary alicyclic amines) is 1. The highest BCUT2D eigenvalue weighted by Crippen LogP contribution is 2.16. The Labute approximate surface area is 101 Å². The lowest BCUT2D eigenvalue weighted by atomic mass is 10.2. The molecular weight excluding hydrogens is 216 g/mol. The van der Waals surface area contributed by atoms with Crippen LogP contribution in [0.25, 0.3) is 0 Å². The van der Waals surface area contributed by atoms with E-state index >= 15 is 0 Å². The van der Waals surface area contributed by atoms with Crippen LogP contribution in [0.4, 0.5) is 5.82 Å². The van der Waals surface area contributed by atoms with Crippen molar-refractivity contribution in [1.82, 2.24) is 14.8 Å². The monoisotopic (exact) mass is 234 g/mol. The van der Waals surface area contributed by atoms with Crippen molar-refractivity contribution < 1.29 is 4.79 Å². The number of pyridine rings is 1. The highest BCUT2D eigenvalue weighted by atomic mass is 16.2. The molecule has 2 N–H and O–H groups in total. The predicted molar refractivity (Wildman–Crippen MR) is 66.6 cm³/mol. The van der Waals surface area contributed by atoms with Crippen molar-refractivity contribution in [1.29, 1.82) is 0 Å². The van der Waals surface area contributed by atoms with Crippen LogP contribution in [0.15, 0.2) is 18.3 Å². The van der Waals surface area contributed by atoms with Gasteiger partial charge in [0.1, 0.15) is 5.82 Å². The number of amides is 1. The molecule has 1 atom stereocenters. The lowest BCUT2D eigenvalue weighted by Gasteiger charge is -2.20. The number of carbonyl (C=O) groups excluding carboxylic acids is 1. The van der Waals surface area contributed by atoms with Crippen LogP contribution in [0, 0.1) is 0 Å². The molecule has 2 heterocycles. The van der Waals surface area contributed by atoms with Gasteiger partial charge in [-0.2, -0.15) is 0 Å². The standard InChI is InChI=1S/C12H18N4O/c1-15(2)10-5-6-16(8-10)12(17)9-3-4-11(13)14-7-9/h3-4,7,10H,5-6,8H2,1-2H3,(H2,13,14)/t10-/m1/s1. The first-order valence-corrected chi connectivity index (χ1v) is 5.75. The molecule has 92 valence electrons. The van der Waals surface area contributed by atoms with Gasteiger partial charge >= 0.3 is 0 Å².